The molecule has 27 heavy (non-hydrogen) atoms. The molecule has 1 aliphatic heterocycles. The summed E-state index contributed by atoms with van der Waals surface area (Å²) in [6, 6.07) is 9.02. The van der Waals surface area contributed by atoms with Gasteiger partial charge in [-0.15, -0.1) is 0 Å². The number of morpholine rings is 1. The van der Waals surface area contributed by atoms with E-state index in [-0.39, 0.29) is 12.0 Å². The molecular weight excluding hydrogens is 357 g/mol. The summed E-state index contributed by atoms with van der Waals surface area (Å²) in [5.41, 5.74) is 0.939. The lowest BCUT2D eigenvalue weighted by Crippen LogP contribution is -2.46. The van der Waals surface area contributed by atoms with Crippen molar-refractivity contribution in [2.24, 2.45) is 0 Å². The van der Waals surface area contributed by atoms with Gasteiger partial charge in [0.15, 0.2) is 0 Å². The first-order valence-electron chi connectivity index (χ1n) is 8.86. The summed E-state index contributed by atoms with van der Waals surface area (Å²) in [6.45, 7) is 1.30. The van der Waals surface area contributed by atoms with Crippen LogP contribution in [0.3, 0.4) is 0 Å². The number of carbonyl (C=O) groups excluding carboxylic acids is 1. The van der Waals surface area contributed by atoms with E-state index < -0.39 is 11.7 Å². The van der Waals surface area contributed by atoms with Crippen molar-refractivity contribution in [2.45, 2.75) is 31.5 Å². The van der Waals surface area contributed by atoms with Gasteiger partial charge in [0.05, 0.1) is 18.3 Å². The molecule has 1 atom stereocenters. The van der Waals surface area contributed by atoms with E-state index in [1.54, 1.807) is 23.4 Å². The predicted octanol–water partition coefficient (Wildman–Crippen LogP) is 3.50. The Hall–Kier alpha value is -2.41. The minimum absolute atomic E-state index is 0.0316. The van der Waals surface area contributed by atoms with Gasteiger partial charge in [0.1, 0.15) is 0 Å². The number of rotatable bonds is 5. The summed E-state index contributed by atoms with van der Waals surface area (Å²) >= 11 is 0. The van der Waals surface area contributed by atoms with Gasteiger partial charge in [0.25, 0.3) is 0 Å². The number of aryl methyl sites for hydroxylation is 1. The minimum atomic E-state index is -4.36. The van der Waals surface area contributed by atoms with Crippen molar-refractivity contribution in [3.8, 4) is 0 Å². The maximum atomic E-state index is 12.9. The molecule has 144 valence electrons. The number of aromatic nitrogens is 1. The van der Waals surface area contributed by atoms with Gasteiger partial charge >= 0.3 is 6.18 Å². The average molecular weight is 378 g/mol. The van der Waals surface area contributed by atoms with E-state index in [2.05, 4.69) is 4.98 Å². The van der Waals surface area contributed by atoms with Crippen LogP contribution in [0, 0.1) is 0 Å². The molecule has 1 amide bonds. The molecule has 1 aromatic heterocycles. The normalized spacial score (nSPS) is 17.7. The molecule has 2 aromatic rings. The highest BCUT2D eigenvalue weighted by atomic mass is 19.4. The van der Waals surface area contributed by atoms with E-state index in [1.807, 2.05) is 12.1 Å². The summed E-state index contributed by atoms with van der Waals surface area (Å²) in [4.78, 5) is 18.2. The van der Waals surface area contributed by atoms with Crippen molar-refractivity contribution in [3.63, 3.8) is 0 Å². The van der Waals surface area contributed by atoms with E-state index >= 15 is 0 Å². The molecule has 0 radical (unpaired) electrons. The van der Waals surface area contributed by atoms with Crippen molar-refractivity contribution in [3.05, 3.63) is 65.5 Å². The molecule has 1 fully saturated rings. The van der Waals surface area contributed by atoms with Crippen LogP contribution in [-0.2, 0) is 28.5 Å². The zero-order chi connectivity index (χ0) is 19.3. The van der Waals surface area contributed by atoms with Crippen LogP contribution in [0.1, 0.15) is 23.1 Å². The quantitative estimate of drug-likeness (QED) is 0.800. The van der Waals surface area contributed by atoms with E-state index in [4.69, 9.17) is 4.74 Å². The van der Waals surface area contributed by atoms with Gasteiger partial charge in [0, 0.05) is 38.3 Å². The smallest absolute Gasteiger partial charge is 0.374 e. The third kappa shape index (κ3) is 5.53. The third-order valence-electron chi connectivity index (χ3n) is 4.59. The summed E-state index contributed by atoms with van der Waals surface area (Å²) in [5.74, 6) is 0.0316. The van der Waals surface area contributed by atoms with Crippen LogP contribution in [0.5, 0.6) is 0 Å². The van der Waals surface area contributed by atoms with Gasteiger partial charge in [-0.3, -0.25) is 9.78 Å². The number of pyridine rings is 1. The van der Waals surface area contributed by atoms with Gasteiger partial charge in [-0.2, -0.15) is 13.2 Å². The largest absolute Gasteiger partial charge is 0.416 e. The molecule has 2 heterocycles. The minimum Gasteiger partial charge on any atom is -0.374 e. The Morgan fingerprint density at radius 2 is 1.96 bits per heavy atom. The molecule has 0 bridgehead atoms. The van der Waals surface area contributed by atoms with Crippen LogP contribution in [0.2, 0.25) is 0 Å². The lowest BCUT2D eigenvalue weighted by atomic mass is 10.0. The fraction of sp³-hybridized carbons (Fsp3) is 0.400. The number of ether oxygens (including phenoxy) is 1. The Balaban J connectivity index is 1.55. The molecule has 0 N–H and O–H groups in total. The Kier molecular flexibility index (Phi) is 6.11. The zero-order valence-electron chi connectivity index (χ0n) is 14.8. The lowest BCUT2D eigenvalue weighted by molar-refractivity contribution is -0.138. The Labute approximate surface area is 156 Å². The van der Waals surface area contributed by atoms with Gasteiger partial charge < -0.3 is 9.64 Å². The highest BCUT2D eigenvalue weighted by Crippen LogP contribution is 2.30. The maximum absolute atomic E-state index is 12.9. The molecule has 3 rings (SSSR count). The molecule has 1 aromatic carbocycles. The molecule has 0 saturated carbocycles. The first-order chi connectivity index (χ1) is 12.9. The second-order valence-electron chi connectivity index (χ2n) is 6.59. The summed E-state index contributed by atoms with van der Waals surface area (Å²) in [6.07, 6.45) is 0.0969. The van der Waals surface area contributed by atoms with Gasteiger partial charge in [-0.25, -0.2) is 0 Å². The topological polar surface area (TPSA) is 42.4 Å². The zero-order valence-corrected chi connectivity index (χ0v) is 14.8. The molecule has 1 aliphatic rings. The molecule has 0 aliphatic carbocycles. The van der Waals surface area contributed by atoms with Crippen molar-refractivity contribution >= 4 is 5.91 Å². The van der Waals surface area contributed by atoms with Crippen LogP contribution in [0.4, 0.5) is 13.2 Å². The van der Waals surface area contributed by atoms with Crippen LogP contribution in [0.15, 0.2) is 48.8 Å². The molecule has 0 spiro atoms. The van der Waals surface area contributed by atoms with E-state index in [0.29, 0.717) is 44.5 Å². The Morgan fingerprint density at radius 3 is 2.70 bits per heavy atom. The number of carbonyl (C=O) groups is 1. The second kappa shape index (κ2) is 8.52. The van der Waals surface area contributed by atoms with E-state index in [0.717, 1.165) is 17.7 Å². The second-order valence-corrected chi connectivity index (χ2v) is 6.59. The highest BCUT2D eigenvalue weighted by molar-refractivity contribution is 5.76. The Morgan fingerprint density at radius 1 is 1.19 bits per heavy atom. The summed E-state index contributed by atoms with van der Waals surface area (Å²) in [7, 11) is 0. The highest BCUT2D eigenvalue weighted by Gasteiger charge is 2.31. The summed E-state index contributed by atoms with van der Waals surface area (Å²) in [5, 5.41) is 0. The first-order valence-corrected chi connectivity index (χ1v) is 8.86. The first kappa shape index (κ1) is 19.4. The van der Waals surface area contributed by atoms with Crippen molar-refractivity contribution < 1.29 is 22.7 Å². The maximum Gasteiger partial charge on any atom is 0.416 e. The van der Waals surface area contributed by atoms with E-state index in [9.17, 15) is 18.0 Å². The third-order valence-corrected chi connectivity index (χ3v) is 4.59. The standard InChI is InChI=1S/C20H21F3N2O2/c21-20(22,23)17-3-1-2-16(12-17)13-18-14-25(10-11-27-18)19(26)5-4-15-6-8-24-9-7-15/h1-3,6-9,12,18H,4-5,10-11,13-14H2/t18-/m1/s1. The molecule has 4 nitrogen and oxygen atoms in total. The number of hydrogen-bond acceptors (Lipinski definition) is 3. The van der Waals surface area contributed by atoms with E-state index in [1.165, 1.54) is 6.07 Å². The molecule has 7 heteroatoms. The van der Waals surface area contributed by atoms with Gasteiger partial charge in [0.2, 0.25) is 5.91 Å². The monoisotopic (exact) mass is 378 g/mol. The number of benzene rings is 1. The van der Waals surface area contributed by atoms with Gasteiger partial charge in [-0.05, 0) is 35.7 Å². The average Bonchev–Trinajstić information content (AvgIpc) is 2.67. The van der Waals surface area contributed by atoms with Crippen molar-refractivity contribution in [1.82, 2.24) is 9.88 Å². The molecule has 1 saturated heterocycles. The van der Waals surface area contributed by atoms with Crippen LogP contribution >= 0.6 is 0 Å². The van der Waals surface area contributed by atoms with Crippen LogP contribution in [-0.4, -0.2) is 41.6 Å². The van der Waals surface area contributed by atoms with Gasteiger partial charge in [-0.1, -0.05) is 18.2 Å². The van der Waals surface area contributed by atoms with Crippen molar-refractivity contribution in [1.29, 1.82) is 0 Å². The fourth-order valence-corrected chi connectivity index (χ4v) is 3.17. The number of hydrogen-bond donors (Lipinski definition) is 0. The number of alkyl halides is 3. The lowest BCUT2D eigenvalue weighted by Gasteiger charge is -2.33. The molecular formula is C20H21F3N2O2. The van der Waals surface area contributed by atoms with Crippen LogP contribution < -0.4 is 0 Å². The molecule has 0 unspecified atom stereocenters. The number of nitrogens with zero attached hydrogens (tertiary/aromatic N) is 2. The summed E-state index contributed by atoms with van der Waals surface area (Å²) < 4.78 is 44.2. The number of amides is 1. The van der Waals surface area contributed by atoms with Crippen LogP contribution in [0.25, 0.3) is 0 Å². The Bertz CT molecular complexity index is 765. The number of halogens is 3. The fourth-order valence-electron chi connectivity index (χ4n) is 3.17. The van der Waals surface area contributed by atoms with Crippen molar-refractivity contribution in [2.75, 3.05) is 19.7 Å². The SMILES string of the molecule is O=C(CCc1ccncc1)N1CCO[C@H](Cc2cccc(C(F)(F)F)c2)C1. The predicted molar refractivity (Wildman–Crippen MR) is 94.0 cm³/mol.